The normalized spacial score (nSPS) is 33.1. The fraction of sp³-hybridized carbons (Fsp3) is 0.826. The molecule has 33 heavy (non-hydrogen) atoms. The Balaban J connectivity index is 1.43. The van der Waals surface area contributed by atoms with Crippen LogP contribution in [0.15, 0.2) is 23.9 Å². The third-order valence-electron chi connectivity index (χ3n) is 7.00. The zero-order valence-corrected chi connectivity index (χ0v) is 20.3. The molecule has 9 N–H and O–H groups in total. The van der Waals surface area contributed by atoms with Gasteiger partial charge < -0.3 is 30.8 Å². The Morgan fingerprint density at radius 1 is 1.12 bits per heavy atom. The molecule has 0 amide bonds. The maximum atomic E-state index is 10.5. The van der Waals surface area contributed by atoms with Crippen LogP contribution in [0.2, 0.25) is 0 Å². The van der Waals surface area contributed by atoms with Gasteiger partial charge in [0.2, 0.25) is 0 Å². The SMILES string of the molecule is C[C@@H](O)C1C(CC(O)NCCC(O)O)SN[C@H]1C1CCC(NC(O)NC2=CC=CCC2)CC1. The van der Waals surface area contributed by atoms with Gasteiger partial charge in [0.05, 0.1) is 6.10 Å². The Morgan fingerprint density at radius 3 is 2.52 bits per heavy atom. The minimum Gasteiger partial charge on any atom is -0.393 e. The van der Waals surface area contributed by atoms with Crippen molar-refractivity contribution in [2.45, 2.75) is 101 Å². The molecular weight excluding hydrogens is 444 g/mol. The van der Waals surface area contributed by atoms with E-state index in [0.717, 1.165) is 44.2 Å². The predicted octanol–water partition coefficient (Wildman–Crippen LogP) is 0.219. The lowest BCUT2D eigenvalue weighted by Gasteiger charge is -2.37. The number of hydrogen-bond acceptors (Lipinski definition) is 10. The van der Waals surface area contributed by atoms with E-state index < -0.39 is 25.0 Å². The van der Waals surface area contributed by atoms with E-state index in [-0.39, 0.29) is 29.7 Å². The van der Waals surface area contributed by atoms with Crippen molar-refractivity contribution in [3.05, 3.63) is 23.9 Å². The summed E-state index contributed by atoms with van der Waals surface area (Å²) >= 11 is 1.59. The number of nitrogens with one attached hydrogen (secondary N) is 4. The van der Waals surface area contributed by atoms with Gasteiger partial charge in [0.25, 0.3) is 0 Å². The van der Waals surface area contributed by atoms with Gasteiger partial charge in [0.1, 0.15) is 6.23 Å². The van der Waals surface area contributed by atoms with Crippen LogP contribution in [0, 0.1) is 11.8 Å². The predicted molar refractivity (Wildman–Crippen MR) is 129 cm³/mol. The third-order valence-corrected chi connectivity index (χ3v) is 8.22. The first-order valence-corrected chi connectivity index (χ1v) is 13.1. The summed E-state index contributed by atoms with van der Waals surface area (Å²) in [6.07, 6.45) is 9.26. The van der Waals surface area contributed by atoms with Gasteiger partial charge in [-0.2, -0.15) is 0 Å². The molecule has 10 heteroatoms. The molecule has 0 aromatic carbocycles. The molecule has 2 aliphatic carbocycles. The van der Waals surface area contributed by atoms with E-state index in [4.69, 9.17) is 10.2 Å². The van der Waals surface area contributed by atoms with Crippen molar-refractivity contribution in [2.24, 2.45) is 11.8 Å². The lowest BCUT2D eigenvalue weighted by Crippen LogP contribution is -2.50. The molecule has 9 nitrogen and oxygen atoms in total. The van der Waals surface area contributed by atoms with Gasteiger partial charge in [-0.05, 0) is 57.4 Å². The first-order valence-electron chi connectivity index (χ1n) is 12.3. The number of rotatable bonds is 12. The Hall–Kier alpha value is -0.690. The Labute approximate surface area is 201 Å². The molecule has 1 saturated heterocycles. The minimum atomic E-state index is -1.38. The second kappa shape index (κ2) is 13.4. The summed E-state index contributed by atoms with van der Waals surface area (Å²) in [6, 6.07) is 0.431. The van der Waals surface area contributed by atoms with E-state index in [9.17, 15) is 15.3 Å². The van der Waals surface area contributed by atoms with Gasteiger partial charge in [0, 0.05) is 48.3 Å². The highest BCUT2D eigenvalue weighted by molar-refractivity contribution is 7.98. The minimum absolute atomic E-state index is 0.0305. The number of aliphatic hydroxyl groups is 5. The van der Waals surface area contributed by atoms with Crippen LogP contribution in [0.4, 0.5) is 0 Å². The maximum Gasteiger partial charge on any atom is 0.181 e. The number of hydrogen-bond donors (Lipinski definition) is 9. The molecule has 3 rings (SSSR count). The Morgan fingerprint density at radius 2 is 1.88 bits per heavy atom. The van der Waals surface area contributed by atoms with E-state index in [1.807, 2.05) is 19.1 Å². The summed E-state index contributed by atoms with van der Waals surface area (Å²) in [5.41, 5.74) is 1.05. The van der Waals surface area contributed by atoms with Crippen molar-refractivity contribution in [1.29, 1.82) is 0 Å². The molecule has 0 bridgehead atoms. The van der Waals surface area contributed by atoms with Crippen molar-refractivity contribution >= 4 is 11.9 Å². The molecule has 1 aliphatic heterocycles. The standard InChI is InChI=1S/C23H42N4O5S/c1-14(28)21-18(13-19(29)24-12-11-20(30)31)33-27-22(21)15-7-9-17(10-8-15)26-23(32)25-16-5-3-2-4-6-16/h2-3,5,14-15,17-32H,4,6-13H2,1H3/t14-,15?,17?,18?,19?,21?,22+,23?/m1/s1. The molecule has 190 valence electrons. The molecule has 0 radical (unpaired) electrons. The highest BCUT2D eigenvalue weighted by atomic mass is 32.2. The van der Waals surface area contributed by atoms with Crippen LogP contribution in [0.5, 0.6) is 0 Å². The molecular formula is C23H42N4O5S. The molecule has 0 aromatic rings. The molecule has 4 unspecified atom stereocenters. The monoisotopic (exact) mass is 486 g/mol. The summed E-state index contributed by atoms with van der Waals surface area (Å²) in [5, 5.41) is 58.5. The van der Waals surface area contributed by atoms with Crippen LogP contribution >= 0.6 is 11.9 Å². The molecule has 1 saturated carbocycles. The zero-order valence-electron chi connectivity index (χ0n) is 19.4. The number of aliphatic hydroxyl groups excluding tert-OH is 4. The average Bonchev–Trinajstić information content (AvgIpc) is 3.18. The average molecular weight is 487 g/mol. The van der Waals surface area contributed by atoms with E-state index in [2.05, 4.69) is 26.7 Å². The third kappa shape index (κ3) is 8.48. The second-order valence-electron chi connectivity index (χ2n) is 9.58. The molecule has 6 atom stereocenters. The van der Waals surface area contributed by atoms with Gasteiger partial charge >= 0.3 is 0 Å². The summed E-state index contributed by atoms with van der Waals surface area (Å²) < 4.78 is 3.54. The second-order valence-corrected chi connectivity index (χ2v) is 10.7. The number of allylic oxidation sites excluding steroid dienone is 4. The van der Waals surface area contributed by atoms with E-state index >= 15 is 0 Å². The van der Waals surface area contributed by atoms with Crippen molar-refractivity contribution in [1.82, 2.24) is 20.7 Å². The van der Waals surface area contributed by atoms with Crippen LogP contribution in [0.1, 0.15) is 58.3 Å². The summed E-state index contributed by atoms with van der Waals surface area (Å²) in [5.74, 6) is 0.467. The van der Waals surface area contributed by atoms with Gasteiger partial charge in [-0.3, -0.25) is 15.4 Å². The highest BCUT2D eigenvalue weighted by Gasteiger charge is 2.44. The smallest absolute Gasteiger partial charge is 0.181 e. The van der Waals surface area contributed by atoms with Gasteiger partial charge in [-0.1, -0.05) is 24.1 Å². The van der Waals surface area contributed by atoms with Crippen molar-refractivity contribution in [3.63, 3.8) is 0 Å². The first kappa shape index (κ1) is 26.9. The van der Waals surface area contributed by atoms with Gasteiger partial charge in [-0.25, -0.2) is 0 Å². The van der Waals surface area contributed by atoms with Crippen LogP contribution in [-0.4, -0.2) is 74.4 Å². The van der Waals surface area contributed by atoms with Crippen molar-refractivity contribution < 1.29 is 25.5 Å². The van der Waals surface area contributed by atoms with Crippen molar-refractivity contribution in [3.8, 4) is 0 Å². The van der Waals surface area contributed by atoms with Crippen LogP contribution < -0.4 is 20.7 Å². The van der Waals surface area contributed by atoms with E-state index in [0.29, 0.717) is 18.9 Å². The van der Waals surface area contributed by atoms with Crippen LogP contribution in [0.25, 0.3) is 0 Å². The van der Waals surface area contributed by atoms with Crippen LogP contribution in [0.3, 0.4) is 0 Å². The largest absolute Gasteiger partial charge is 0.393 e. The fourth-order valence-corrected chi connectivity index (χ4v) is 6.79. The molecule has 3 aliphatic rings. The van der Waals surface area contributed by atoms with Gasteiger partial charge in [0.15, 0.2) is 12.6 Å². The molecule has 0 spiro atoms. The Bertz CT molecular complexity index is 642. The molecule has 2 fully saturated rings. The van der Waals surface area contributed by atoms with Gasteiger partial charge in [-0.15, -0.1) is 0 Å². The topological polar surface area (TPSA) is 149 Å². The fourth-order valence-electron chi connectivity index (χ4n) is 5.27. The van der Waals surface area contributed by atoms with Crippen LogP contribution in [-0.2, 0) is 0 Å². The summed E-state index contributed by atoms with van der Waals surface area (Å²) in [4.78, 5) is 0. The van der Waals surface area contributed by atoms with E-state index in [1.54, 1.807) is 11.9 Å². The lowest BCUT2D eigenvalue weighted by atomic mass is 9.75. The molecule has 1 heterocycles. The first-order chi connectivity index (χ1) is 15.8. The quantitative estimate of drug-likeness (QED) is 0.138. The zero-order chi connectivity index (χ0) is 23.8. The van der Waals surface area contributed by atoms with Crippen molar-refractivity contribution in [2.75, 3.05) is 6.54 Å². The highest BCUT2D eigenvalue weighted by Crippen LogP contribution is 2.41. The molecule has 0 aromatic heterocycles. The summed E-state index contributed by atoms with van der Waals surface area (Å²) in [7, 11) is 0. The lowest BCUT2D eigenvalue weighted by molar-refractivity contribution is -0.0466. The van der Waals surface area contributed by atoms with E-state index in [1.165, 1.54) is 0 Å². The Kier molecular flexibility index (Phi) is 10.9. The summed E-state index contributed by atoms with van der Waals surface area (Å²) in [6.45, 7) is 2.14. The maximum absolute atomic E-state index is 10.5.